The number of nitrogen functional groups attached to an aromatic ring is 1. The molecule has 11 heavy (non-hydrogen) atoms. The molecule has 1 heterocycles. The summed E-state index contributed by atoms with van der Waals surface area (Å²) in [5.74, 6) is 5.67. The smallest absolute Gasteiger partial charge is 0.205 e. The van der Waals surface area contributed by atoms with E-state index in [1.165, 1.54) is 0 Å². The number of benzene rings is 1. The largest absolute Gasteiger partial charge is 0.242 e. The van der Waals surface area contributed by atoms with Crippen molar-refractivity contribution in [2.75, 3.05) is 5.84 Å². The van der Waals surface area contributed by atoms with E-state index in [9.17, 15) is 0 Å². The Morgan fingerprint density at radius 2 is 1.73 bits per heavy atom. The average molecular weight is 145 g/mol. The van der Waals surface area contributed by atoms with Crippen LogP contribution in [0.3, 0.4) is 0 Å². The molecule has 2 N–H and O–H groups in total. The summed E-state index contributed by atoms with van der Waals surface area (Å²) in [5, 5.41) is 1.16. The van der Waals surface area contributed by atoms with Gasteiger partial charge in [-0.25, -0.2) is 5.84 Å². The highest BCUT2D eigenvalue weighted by molar-refractivity contribution is 5.74. The van der Waals surface area contributed by atoms with Gasteiger partial charge in [-0.2, -0.15) is 0 Å². The molecule has 2 aromatic rings. The monoisotopic (exact) mass is 145 g/mol. The van der Waals surface area contributed by atoms with Gasteiger partial charge < -0.3 is 0 Å². The quantitative estimate of drug-likeness (QED) is 0.432. The van der Waals surface area contributed by atoms with E-state index in [2.05, 4.69) is 0 Å². The van der Waals surface area contributed by atoms with Crippen molar-refractivity contribution >= 4 is 10.9 Å². The fraction of sp³-hybridized carbons (Fsp3) is 0. The molecule has 0 saturated heterocycles. The summed E-state index contributed by atoms with van der Waals surface area (Å²) < 4.78 is 1.62. The fourth-order valence-electron chi connectivity index (χ4n) is 1.18. The first-order chi connectivity index (χ1) is 5.38. The minimum Gasteiger partial charge on any atom is -0.205 e. The van der Waals surface area contributed by atoms with Crippen molar-refractivity contribution in [3.05, 3.63) is 42.6 Å². The van der Waals surface area contributed by atoms with Crippen LogP contribution in [0.4, 0.5) is 0 Å². The lowest BCUT2D eigenvalue weighted by molar-refractivity contribution is -0.611. The van der Waals surface area contributed by atoms with Crippen molar-refractivity contribution in [2.24, 2.45) is 0 Å². The van der Waals surface area contributed by atoms with Gasteiger partial charge in [-0.3, -0.25) is 0 Å². The molecule has 0 fully saturated rings. The van der Waals surface area contributed by atoms with Crippen molar-refractivity contribution in [3.8, 4) is 0 Å². The first-order valence-electron chi connectivity index (χ1n) is 3.52. The summed E-state index contributed by atoms with van der Waals surface area (Å²) in [6.45, 7) is 0. The second-order valence-electron chi connectivity index (χ2n) is 2.47. The van der Waals surface area contributed by atoms with E-state index in [1.807, 2.05) is 42.6 Å². The van der Waals surface area contributed by atoms with Crippen LogP contribution in [-0.2, 0) is 0 Å². The summed E-state index contributed by atoms with van der Waals surface area (Å²) in [6.07, 6.45) is 1.84. The van der Waals surface area contributed by atoms with Crippen LogP contribution in [0.1, 0.15) is 0 Å². The Morgan fingerprint density at radius 1 is 1.00 bits per heavy atom. The fourth-order valence-corrected chi connectivity index (χ4v) is 1.18. The molecule has 0 unspecified atom stereocenters. The number of fused-ring (bicyclic) bond motifs is 1. The van der Waals surface area contributed by atoms with Crippen LogP contribution in [-0.4, -0.2) is 0 Å². The maximum absolute atomic E-state index is 5.67. The van der Waals surface area contributed by atoms with Gasteiger partial charge in [-0.1, -0.05) is 16.8 Å². The number of nitrogens with zero attached hydrogens (tertiary/aromatic N) is 1. The number of rotatable bonds is 0. The van der Waals surface area contributed by atoms with Crippen LogP contribution in [0.25, 0.3) is 10.9 Å². The molecule has 0 atom stereocenters. The normalized spacial score (nSPS) is 10.2. The van der Waals surface area contributed by atoms with E-state index < -0.39 is 0 Å². The van der Waals surface area contributed by atoms with Crippen molar-refractivity contribution in [1.29, 1.82) is 0 Å². The molecule has 0 saturated carbocycles. The molecule has 2 nitrogen and oxygen atoms in total. The Labute approximate surface area is 64.9 Å². The molecule has 2 rings (SSSR count). The van der Waals surface area contributed by atoms with Crippen molar-refractivity contribution in [1.82, 2.24) is 0 Å². The Kier molecular flexibility index (Phi) is 1.25. The van der Waals surface area contributed by atoms with Gasteiger partial charge in [0.1, 0.15) is 0 Å². The van der Waals surface area contributed by atoms with E-state index in [1.54, 1.807) is 4.68 Å². The van der Waals surface area contributed by atoms with Crippen LogP contribution in [0, 0.1) is 0 Å². The van der Waals surface area contributed by atoms with E-state index in [0.29, 0.717) is 0 Å². The highest BCUT2D eigenvalue weighted by Gasteiger charge is 2.00. The third-order valence-electron chi connectivity index (χ3n) is 1.74. The van der Waals surface area contributed by atoms with E-state index >= 15 is 0 Å². The Balaban J connectivity index is 2.91. The summed E-state index contributed by atoms with van der Waals surface area (Å²) >= 11 is 0. The van der Waals surface area contributed by atoms with Gasteiger partial charge in [0, 0.05) is 17.5 Å². The van der Waals surface area contributed by atoms with E-state index in [4.69, 9.17) is 5.84 Å². The molecule has 0 spiro atoms. The van der Waals surface area contributed by atoms with E-state index in [0.717, 1.165) is 10.9 Å². The molecule has 2 heteroatoms. The van der Waals surface area contributed by atoms with Gasteiger partial charge in [0.2, 0.25) is 5.52 Å². The standard InChI is InChI=1S/C9H9N2/c10-11-7-3-5-8-4-1-2-6-9(8)11/h1-7H,10H2/q+1. The third-order valence-corrected chi connectivity index (χ3v) is 1.74. The molecule has 0 bridgehead atoms. The molecule has 54 valence electrons. The first-order valence-corrected chi connectivity index (χ1v) is 3.52. The van der Waals surface area contributed by atoms with Gasteiger partial charge in [-0.05, 0) is 12.1 Å². The molecule has 1 aromatic carbocycles. The number of para-hydroxylation sites is 1. The highest BCUT2D eigenvalue weighted by atomic mass is 15.3. The van der Waals surface area contributed by atoms with Gasteiger partial charge >= 0.3 is 0 Å². The predicted octanol–water partition coefficient (Wildman–Crippen LogP) is 0.841. The van der Waals surface area contributed by atoms with Gasteiger partial charge in [0.15, 0.2) is 6.20 Å². The second kappa shape index (κ2) is 2.23. The van der Waals surface area contributed by atoms with E-state index in [-0.39, 0.29) is 0 Å². The zero-order valence-electron chi connectivity index (χ0n) is 6.07. The van der Waals surface area contributed by atoms with Crippen LogP contribution in [0.15, 0.2) is 42.6 Å². The third kappa shape index (κ3) is 0.923. The number of hydrogen-bond acceptors (Lipinski definition) is 1. The highest BCUT2D eigenvalue weighted by Crippen LogP contribution is 2.05. The first kappa shape index (κ1) is 6.16. The van der Waals surface area contributed by atoms with Crippen LogP contribution in [0.2, 0.25) is 0 Å². The molecular formula is C9H9N2+. The van der Waals surface area contributed by atoms with Gasteiger partial charge in [0.25, 0.3) is 0 Å². The Morgan fingerprint density at radius 3 is 2.55 bits per heavy atom. The summed E-state index contributed by atoms with van der Waals surface area (Å²) in [4.78, 5) is 0. The maximum Gasteiger partial charge on any atom is 0.242 e. The number of aromatic nitrogens is 1. The Bertz CT molecular complexity index is 377. The predicted molar refractivity (Wildman–Crippen MR) is 44.3 cm³/mol. The topological polar surface area (TPSA) is 29.9 Å². The lowest BCUT2D eigenvalue weighted by Crippen LogP contribution is -2.44. The summed E-state index contributed by atoms with van der Waals surface area (Å²) in [5.41, 5.74) is 1.05. The molecule has 0 amide bonds. The van der Waals surface area contributed by atoms with Crippen LogP contribution < -0.4 is 10.5 Å². The molecular weight excluding hydrogens is 136 g/mol. The average Bonchev–Trinajstić information content (AvgIpc) is 2.06. The molecule has 1 aromatic heterocycles. The second-order valence-corrected chi connectivity index (χ2v) is 2.47. The minimum atomic E-state index is 1.05. The zero-order valence-corrected chi connectivity index (χ0v) is 6.07. The maximum atomic E-state index is 5.67. The summed E-state index contributed by atoms with van der Waals surface area (Å²) in [7, 11) is 0. The molecule has 0 aliphatic rings. The lowest BCUT2D eigenvalue weighted by Gasteiger charge is -1.91. The molecule has 0 aliphatic heterocycles. The summed E-state index contributed by atoms with van der Waals surface area (Å²) in [6, 6.07) is 12.0. The SMILES string of the molecule is N[n+]1cccc2ccccc21. The van der Waals surface area contributed by atoms with Crippen LogP contribution >= 0.6 is 0 Å². The molecule has 0 radical (unpaired) electrons. The van der Waals surface area contributed by atoms with Crippen molar-refractivity contribution < 1.29 is 4.68 Å². The van der Waals surface area contributed by atoms with Crippen LogP contribution in [0.5, 0.6) is 0 Å². The molecule has 0 aliphatic carbocycles. The van der Waals surface area contributed by atoms with Crippen molar-refractivity contribution in [2.45, 2.75) is 0 Å². The number of nitrogens with two attached hydrogens (primary N) is 1. The minimum absolute atomic E-state index is 1.05. The Hall–Kier alpha value is -1.57. The van der Waals surface area contributed by atoms with Crippen molar-refractivity contribution in [3.63, 3.8) is 0 Å². The number of hydrogen-bond donors (Lipinski definition) is 1. The zero-order chi connectivity index (χ0) is 7.68. The lowest BCUT2D eigenvalue weighted by atomic mass is 10.2. The van der Waals surface area contributed by atoms with Gasteiger partial charge in [-0.15, -0.1) is 0 Å². The van der Waals surface area contributed by atoms with Gasteiger partial charge in [0.05, 0.1) is 0 Å². The number of pyridine rings is 1.